The minimum atomic E-state index is -4.35. The van der Waals surface area contributed by atoms with E-state index in [1.54, 1.807) is 19.9 Å². The third kappa shape index (κ3) is 4.24. The Labute approximate surface area is 106 Å². The summed E-state index contributed by atoms with van der Waals surface area (Å²) in [6.07, 6.45) is -4.35. The standard InChI is InChI=1S/C14H18F3O/c1-9(2)8-18-13-6-11(10(3)4)5-12(7-13)14(15,16)17/h5-7,9H,8H2,1-4H3. The van der Waals surface area contributed by atoms with E-state index in [2.05, 4.69) is 0 Å². The molecule has 1 nitrogen and oxygen atoms in total. The average Bonchev–Trinajstić information content (AvgIpc) is 2.24. The molecule has 101 valence electrons. The molecule has 0 aliphatic carbocycles. The molecule has 18 heavy (non-hydrogen) atoms. The van der Waals surface area contributed by atoms with Crippen LogP contribution in [0.15, 0.2) is 18.2 Å². The Bertz CT molecular complexity index is 395. The van der Waals surface area contributed by atoms with E-state index in [1.807, 2.05) is 13.8 Å². The maximum atomic E-state index is 12.7. The second-order valence-corrected chi connectivity index (χ2v) is 4.95. The van der Waals surface area contributed by atoms with Crippen LogP contribution in [-0.4, -0.2) is 6.61 Å². The Morgan fingerprint density at radius 3 is 2.22 bits per heavy atom. The van der Waals surface area contributed by atoms with Crippen LogP contribution in [0.5, 0.6) is 5.75 Å². The average molecular weight is 259 g/mol. The van der Waals surface area contributed by atoms with Crippen LogP contribution in [0, 0.1) is 11.8 Å². The van der Waals surface area contributed by atoms with Crippen molar-refractivity contribution in [1.29, 1.82) is 0 Å². The first-order valence-electron chi connectivity index (χ1n) is 5.85. The lowest BCUT2D eigenvalue weighted by molar-refractivity contribution is -0.137. The van der Waals surface area contributed by atoms with Gasteiger partial charge in [-0.2, -0.15) is 13.2 Å². The fourth-order valence-electron chi connectivity index (χ4n) is 1.40. The van der Waals surface area contributed by atoms with Crippen molar-refractivity contribution >= 4 is 0 Å². The summed E-state index contributed by atoms with van der Waals surface area (Å²) in [6, 6.07) is 3.85. The van der Waals surface area contributed by atoms with Crippen molar-refractivity contribution in [2.24, 2.45) is 5.92 Å². The molecule has 0 aliphatic heterocycles. The zero-order valence-electron chi connectivity index (χ0n) is 11.1. The van der Waals surface area contributed by atoms with Gasteiger partial charge in [0.15, 0.2) is 0 Å². The Morgan fingerprint density at radius 2 is 1.78 bits per heavy atom. The van der Waals surface area contributed by atoms with Gasteiger partial charge in [-0.05, 0) is 35.6 Å². The van der Waals surface area contributed by atoms with E-state index in [0.29, 0.717) is 12.2 Å². The summed E-state index contributed by atoms with van der Waals surface area (Å²) in [7, 11) is 0. The van der Waals surface area contributed by atoms with Crippen LogP contribution in [0.1, 0.15) is 38.8 Å². The molecule has 0 aromatic heterocycles. The third-order valence-corrected chi connectivity index (χ3v) is 2.39. The lowest BCUT2D eigenvalue weighted by atomic mass is 10.00. The molecule has 0 heterocycles. The van der Waals surface area contributed by atoms with Crippen molar-refractivity contribution in [2.75, 3.05) is 6.61 Å². The van der Waals surface area contributed by atoms with Crippen molar-refractivity contribution < 1.29 is 17.9 Å². The van der Waals surface area contributed by atoms with E-state index in [0.717, 1.165) is 18.1 Å². The van der Waals surface area contributed by atoms with Gasteiger partial charge in [-0.1, -0.05) is 27.7 Å². The quantitative estimate of drug-likeness (QED) is 0.761. The molecule has 1 radical (unpaired) electrons. The van der Waals surface area contributed by atoms with E-state index >= 15 is 0 Å². The van der Waals surface area contributed by atoms with Crippen LogP contribution < -0.4 is 4.74 Å². The first kappa shape index (κ1) is 14.9. The first-order chi connectivity index (χ1) is 8.20. The molecule has 0 saturated carbocycles. The number of hydrogen-bond donors (Lipinski definition) is 0. The number of alkyl halides is 3. The minimum Gasteiger partial charge on any atom is -0.493 e. The van der Waals surface area contributed by atoms with Crippen LogP contribution in [-0.2, 0) is 6.18 Å². The molecular weight excluding hydrogens is 241 g/mol. The second-order valence-electron chi connectivity index (χ2n) is 4.95. The lowest BCUT2D eigenvalue weighted by Crippen LogP contribution is -2.09. The van der Waals surface area contributed by atoms with Gasteiger partial charge in [0.1, 0.15) is 5.75 Å². The number of benzene rings is 1. The Balaban J connectivity index is 3.06. The van der Waals surface area contributed by atoms with E-state index in [1.165, 1.54) is 0 Å². The molecule has 0 amide bonds. The highest BCUT2D eigenvalue weighted by Crippen LogP contribution is 2.34. The summed E-state index contributed by atoms with van der Waals surface area (Å²) in [5.74, 6) is 1.37. The molecule has 1 rings (SSSR count). The zero-order chi connectivity index (χ0) is 13.9. The minimum absolute atomic E-state index is 0.273. The maximum Gasteiger partial charge on any atom is 0.416 e. The number of rotatable bonds is 4. The summed E-state index contributed by atoms with van der Waals surface area (Å²) in [4.78, 5) is 0. The first-order valence-corrected chi connectivity index (χ1v) is 5.85. The van der Waals surface area contributed by atoms with Gasteiger partial charge in [0.25, 0.3) is 0 Å². The zero-order valence-corrected chi connectivity index (χ0v) is 11.1. The molecule has 0 fully saturated rings. The van der Waals surface area contributed by atoms with E-state index in [-0.39, 0.29) is 11.7 Å². The highest BCUT2D eigenvalue weighted by atomic mass is 19.4. The van der Waals surface area contributed by atoms with Crippen molar-refractivity contribution in [2.45, 2.75) is 33.9 Å². The molecule has 1 aromatic rings. The predicted molar refractivity (Wildman–Crippen MR) is 65.5 cm³/mol. The Kier molecular flexibility index (Phi) is 4.65. The molecule has 0 N–H and O–H groups in total. The van der Waals surface area contributed by atoms with Crippen molar-refractivity contribution in [1.82, 2.24) is 0 Å². The van der Waals surface area contributed by atoms with Crippen molar-refractivity contribution in [3.05, 3.63) is 35.2 Å². The van der Waals surface area contributed by atoms with Gasteiger partial charge in [0.2, 0.25) is 0 Å². The fraction of sp³-hybridized carbons (Fsp3) is 0.500. The van der Waals surface area contributed by atoms with Crippen molar-refractivity contribution in [3.8, 4) is 5.75 Å². The molecule has 0 bridgehead atoms. The topological polar surface area (TPSA) is 9.23 Å². The summed E-state index contributed by atoms with van der Waals surface area (Å²) in [5, 5.41) is 0. The fourth-order valence-corrected chi connectivity index (χ4v) is 1.40. The molecule has 1 aromatic carbocycles. The Morgan fingerprint density at radius 1 is 1.17 bits per heavy atom. The SMILES string of the molecule is C[C](C)c1cc(OCC(C)C)cc(C(F)(F)F)c1. The van der Waals surface area contributed by atoms with E-state index in [9.17, 15) is 13.2 Å². The van der Waals surface area contributed by atoms with Crippen LogP contribution >= 0.6 is 0 Å². The highest BCUT2D eigenvalue weighted by Gasteiger charge is 2.31. The van der Waals surface area contributed by atoms with Gasteiger partial charge >= 0.3 is 6.18 Å². The molecular formula is C14H18F3O. The van der Waals surface area contributed by atoms with Crippen LogP contribution in [0.2, 0.25) is 0 Å². The predicted octanol–water partition coefficient (Wildman–Crippen LogP) is 4.70. The van der Waals surface area contributed by atoms with Crippen LogP contribution in [0.3, 0.4) is 0 Å². The summed E-state index contributed by atoms with van der Waals surface area (Å²) < 4.78 is 43.6. The molecule has 0 unspecified atom stereocenters. The summed E-state index contributed by atoms with van der Waals surface area (Å²) in [5.41, 5.74) is -0.108. The van der Waals surface area contributed by atoms with Crippen LogP contribution in [0.25, 0.3) is 0 Å². The van der Waals surface area contributed by atoms with Crippen molar-refractivity contribution in [3.63, 3.8) is 0 Å². The molecule has 0 atom stereocenters. The summed E-state index contributed by atoms with van der Waals surface area (Å²) >= 11 is 0. The second kappa shape index (κ2) is 5.63. The van der Waals surface area contributed by atoms with E-state index in [4.69, 9.17) is 4.74 Å². The maximum absolute atomic E-state index is 12.7. The van der Waals surface area contributed by atoms with E-state index < -0.39 is 11.7 Å². The summed E-state index contributed by atoms with van der Waals surface area (Å²) in [6.45, 7) is 7.87. The lowest BCUT2D eigenvalue weighted by Gasteiger charge is -2.15. The Hall–Kier alpha value is -1.19. The number of ether oxygens (including phenoxy) is 1. The highest BCUT2D eigenvalue weighted by molar-refractivity contribution is 5.41. The molecule has 0 aliphatic rings. The van der Waals surface area contributed by atoms with Gasteiger partial charge in [-0.3, -0.25) is 0 Å². The third-order valence-electron chi connectivity index (χ3n) is 2.39. The molecule has 0 saturated heterocycles. The largest absolute Gasteiger partial charge is 0.493 e. The van der Waals surface area contributed by atoms with Crippen LogP contribution in [0.4, 0.5) is 13.2 Å². The smallest absolute Gasteiger partial charge is 0.416 e. The number of halogens is 3. The van der Waals surface area contributed by atoms with Gasteiger partial charge in [0, 0.05) is 0 Å². The monoisotopic (exact) mass is 259 g/mol. The normalized spacial score (nSPS) is 12.3. The van der Waals surface area contributed by atoms with Gasteiger partial charge in [-0.15, -0.1) is 0 Å². The molecule has 4 heteroatoms. The van der Waals surface area contributed by atoms with Gasteiger partial charge in [-0.25, -0.2) is 0 Å². The van der Waals surface area contributed by atoms with Gasteiger partial charge in [0.05, 0.1) is 12.2 Å². The number of hydrogen-bond acceptors (Lipinski definition) is 1. The molecule has 0 spiro atoms. The van der Waals surface area contributed by atoms with Gasteiger partial charge < -0.3 is 4.74 Å².